The van der Waals surface area contributed by atoms with Gasteiger partial charge in [-0.15, -0.1) is 0 Å². The summed E-state index contributed by atoms with van der Waals surface area (Å²) < 4.78 is 2.91. The maximum atomic E-state index is 13.4. The van der Waals surface area contributed by atoms with Crippen molar-refractivity contribution in [1.29, 1.82) is 0 Å². The number of nitrogens with one attached hydrogen (secondary N) is 2. The molecule has 4 rings (SSSR count). The number of aromatic nitrogens is 1. The zero-order valence-electron chi connectivity index (χ0n) is 20.6. The average molecular weight is 528 g/mol. The summed E-state index contributed by atoms with van der Waals surface area (Å²) in [6.07, 6.45) is 7.42. The van der Waals surface area contributed by atoms with Gasteiger partial charge in [-0.1, -0.05) is 43.6 Å². The maximum Gasteiger partial charge on any atom is 0.257 e. The van der Waals surface area contributed by atoms with Crippen LogP contribution >= 0.6 is 15.9 Å². The molecule has 2 aromatic rings. The fourth-order valence-corrected chi connectivity index (χ4v) is 5.33. The van der Waals surface area contributed by atoms with Gasteiger partial charge in [-0.3, -0.25) is 9.59 Å². The van der Waals surface area contributed by atoms with E-state index in [0.29, 0.717) is 12.1 Å². The minimum absolute atomic E-state index is 0.0232. The van der Waals surface area contributed by atoms with Gasteiger partial charge in [0.2, 0.25) is 0 Å². The van der Waals surface area contributed by atoms with Gasteiger partial charge < -0.3 is 20.1 Å². The minimum atomic E-state index is -0.129. The molecule has 2 amide bonds. The Labute approximate surface area is 210 Å². The molecule has 1 saturated heterocycles. The molecule has 2 aliphatic heterocycles. The number of carbonyl (C=O) groups excluding carboxylic acids is 2. The zero-order valence-corrected chi connectivity index (χ0v) is 22.2. The fraction of sp³-hybridized carbons (Fsp3) is 0.481. The van der Waals surface area contributed by atoms with Gasteiger partial charge in [-0.05, 0) is 74.5 Å². The molecule has 0 aliphatic carbocycles. The van der Waals surface area contributed by atoms with Crippen molar-refractivity contribution in [2.24, 2.45) is 0 Å². The standard InChI is InChI=1S/C27H35BrN4O2/c1-17(2)21-15-32(16-22-20-14-19(28)8-9-23(20)30-26(22)33)25(18(3)4)24(21)27(34)29-10-7-13-31-11-5-6-12-31/h8-9,14-18H,5-7,10-13H2,1-4H3,(H,29,34)(H,30,33)/b22-16-. The van der Waals surface area contributed by atoms with Crippen LogP contribution in [0.4, 0.5) is 5.69 Å². The number of amides is 2. The lowest BCUT2D eigenvalue weighted by atomic mass is 9.96. The molecule has 2 N–H and O–H groups in total. The molecule has 7 heteroatoms. The van der Waals surface area contributed by atoms with Crippen molar-refractivity contribution in [3.63, 3.8) is 0 Å². The zero-order chi connectivity index (χ0) is 24.4. The maximum absolute atomic E-state index is 13.4. The molecular formula is C27H35BrN4O2. The number of halogens is 1. The van der Waals surface area contributed by atoms with E-state index in [0.717, 1.165) is 45.5 Å². The Kier molecular flexibility index (Phi) is 7.63. The second-order valence-electron chi connectivity index (χ2n) is 9.91. The van der Waals surface area contributed by atoms with Gasteiger partial charge in [0.1, 0.15) is 0 Å². The molecule has 3 heterocycles. The van der Waals surface area contributed by atoms with Crippen LogP contribution in [0.2, 0.25) is 0 Å². The van der Waals surface area contributed by atoms with Gasteiger partial charge in [0.25, 0.3) is 11.8 Å². The molecule has 0 saturated carbocycles. The van der Waals surface area contributed by atoms with Crippen molar-refractivity contribution >= 4 is 45.2 Å². The molecule has 0 spiro atoms. The molecule has 0 radical (unpaired) electrons. The lowest BCUT2D eigenvalue weighted by molar-refractivity contribution is -0.110. The van der Waals surface area contributed by atoms with Crippen LogP contribution < -0.4 is 10.6 Å². The molecule has 0 bridgehead atoms. The molecule has 2 aliphatic rings. The topological polar surface area (TPSA) is 66.4 Å². The van der Waals surface area contributed by atoms with Crippen LogP contribution in [-0.4, -0.2) is 47.5 Å². The molecule has 182 valence electrons. The second kappa shape index (κ2) is 10.5. The summed E-state index contributed by atoms with van der Waals surface area (Å²) in [5.41, 5.74) is 4.95. The van der Waals surface area contributed by atoms with Crippen molar-refractivity contribution in [2.45, 2.75) is 58.8 Å². The number of fused-ring (bicyclic) bond motifs is 1. The molecule has 1 fully saturated rings. The van der Waals surface area contributed by atoms with E-state index in [2.05, 4.69) is 59.2 Å². The van der Waals surface area contributed by atoms with Gasteiger partial charge in [0.15, 0.2) is 0 Å². The number of carbonyl (C=O) groups is 2. The number of likely N-dealkylation sites (tertiary alicyclic amines) is 1. The van der Waals surface area contributed by atoms with E-state index in [-0.39, 0.29) is 23.7 Å². The first kappa shape index (κ1) is 24.7. The van der Waals surface area contributed by atoms with Crippen molar-refractivity contribution in [3.8, 4) is 0 Å². The minimum Gasteiger partial charge on any atom is -0.352 e. The smallest absolute Gasteiger partial charge is 0.257 e. The van der Waals surface area contributed by atoms with Crippen LogP contribution in [0.5, 0.6) is 0 Å². The van der Waals surface area contributed by atoms with E-state index in [1.807, 2.05) is 35.2 Å². The summed E-state index contributed by atoms with van der Waals surface area (Å²) in [4.78, 5) is 28.7. The number of nitrogens with zero attached hydrogens (tertiary/aromatic N) is 2. The predicted octanol–water partition coefficient (Wildman–Crippen LogP) is 5.66. The van der Waals surface area contributed by atoms with Crippen LogP contribution in [0.1, 0.15) is 86.0 Å². The number of anilines is 1. The van der Waals surface area contributed by atoms with Crippen LogP contribution in [0.15, 0.2) is 28.9 Å². The highest BCUT2D eigenvalue weighted by atomic mass is 79.9. The highest BCUT2D eigenvalue weighted by molar-refractivity contribution is 9.10. The first-order valence-corrected chi connectivity index (χ1v) is 13.1. The van der Waals surface area contributed by atoms with E-state index in [1.165, 1.54) is 25.9 Å². The highest BCUT2D eigenvalue weighted by Gasteiger charge is 2.28. The summed E-state index contributed by atoms with van der Waals surface area (Å²) in [7, 11) is 0. The van der Waals surface area contributed by atoms with Gasteiger partial charge in [-0.2, -0.15) is 0 Å². The van der Waals surface area contributed by atoms with Gasteiger partial charge >= 0.3 is 0 Å². The third kappa shape index (κ3) is 5.15. The van der Waals surface area contributed by atoms with Crippen LogP contribution in [0.25, 0.3) is 11.8 Å². The Hall–Kier alpha value is -2.38. The van der Waals surface area contributed by atoms with Crippen molar-refractivity contribution in [2.75, 3.05) is 31.5 Å². The number of benzene rings is 1. The summed E-state index contributed by atoms with van der Waals surface area (Å²) in [6, 6.07) is 5.77. The third-order valence-corrected chi connectivity index (χ3v) is 7.16. The molecule has 0 unspecified atom stereocenters. The van der Waals surface area contributed by atoms with Crippen LogP contribution in [0.3, 0.4) is 0 Å². The van der Waals surface area contributed by atoms with Gasteiger partial charge in [0.05, 0.1) is 11.1 Å². The van der Waals surface area contributed by atoms with E-state index in [9.17, 15) is 9.59 Å². The average Bonchev–Trinajstić information content (AvgIpc) is 3.50. The van der Waals surface area contributed by atoms with E-state index in [1.54, 1.807) is 0 Å². The quantitative estimate of drug-likeness (QED) is 0.344. The van der Waals surface area contributed by atoms with E-state index >= 15 is 0 Å². The summed E-state index contributed by atoms with van der Waals surface area (Å²) >= 11 is 3.51. The largest absolute Gasteiger partial charge is 0.352 e. The SMILES string of the molecule is CC(C)c1cn(/C=C2\C(=O)Nc3ccc(Br)cc32)c(C(C)C)c1C(=O)NCCCN1CCCC1. The second-order valence-corrected chi connectivity index (χ2v) is 10.8. The molecule has 1 aromatic heterocycles. The molecule has 1 aromatic carbocycles. The van der Waals surface area contributed by atoms with Gasteiger partial charge in [-0.25, -0.2) is 0 Å². The van der Waals surface area contributed by atoms with E-state index in [4.69, 9.17) is 0 Å². The Morgan fingerprint density at radius 1 is 1.18 bits per heavy atom. The Morgan fingerprint density at radius 2 is 1.91 bits per heavy atom. The summed E-state index contributed by atoms with van der Waals surface area (Å²) in [5, 5.41) is 6.11. The molecule has 0 atom stereocenters. The summed E-state index contributed by atoms with van der Waals surface area (Å²) in [6.45, 7) is 12.5. The van der Waals surface area contributed by atoms with Crippen molar-refractivity contribution in [1.82, 2.24) is 14.8 Å². The first-order chi connectivity index (χ1) is 16.3. The summed E-state index contributed by atoms with van der Waals surface area (Å²) in [5.74, 6) is 0.142. The lowest BCUT2D eigenvalue weighted by Crippen LogP contribution is -2.29. The van der Waals surface area contributed by atoms with E-state index < -0.39 is 0 Å². The molecular weight excluding hydrogens is 492 g/mol. The molecule has 6 nitrogen and oxygen atoms in total. The fourth-order valence-electron chi connectivity index (χ4n) is 4.97. The van der Waals surface area contributed by atoms with Crippen molar-refractivity contribution < 1.29 is 9.59 Å². The van der Waals surface area contributed by atoms with Crippen LogP contribution in [0, 0.1) is 0 Å². The third-order valence-electron chi connectivity index (χ3n) is 6.67. The number of hydrogen-bond donors (Lipinski definition) is 2. The first-order valence-electron chi connectivity index (χ1n) is 12.3. The predicted molar refractivity (Wildman–Crippen MR) is 142 cm³/mol. The lowest BCUT2D eigenvalue weighted by Gasteiger charge is -2.16. The van der Waals surface area contributed by atoms with Crippen molar-refractivity contribution in [3.05, 3.63) is 51.3 Å². The highest BCUT2D eigenvalue weighted by Crippen LogP contribution is 2.36. The Bertz CT molecular complexity index is 1110. The number of hydrogen-bond acceptors (Lipinski definition) is 3. The van der Waals surface area contributed by atoms with Crippen LogP contribution in [-0.2, 0) is 4.79 Å². The normalized spacial score (nSPS) is 17.1. The monoisotopic (exact) mass is 526 g/mol. The molecule has 34 heavy (non-hydrogen) atoms. The Morgan fingerprint density at radius 3 is 2.59 bits per heavy atom. The number of rotatable bonds is 8. The Balaban J connectivity index is 1.64. The van der Waals surface area contributed by atoms with Gasteiger partial charge in [0, 0.05) is 40.4 Å².